The molecule has 6 heteroatoms. The fourth-order valence-corrected chi connectivity index (χ4v) is 2.88. The standard InChI is InChI=1S/C18H27N3O3/c1-14-5-3-4-12-21(14)17(22)10-11-19-18(23)20-13-15-6-8-16(24-2)9-7-15/h6-9,14H,3-5,10-13H2,1-2H3,(H2,19,20,23). The lowest BCUT2D eigenvalue weighted by atomic mass is 10.0. The molecule has 0 radical (unpaired) electrons. The first kappa shape index (κ1) is 18.1. The number of nitrogens with zero attached hydrogens (tertiary/aromatic N) is 1. The Morgan fingerprint density at radius 3 is 2.62 bits per heavy atom. The normalized spacial score (nSPS) is 17.2. The Morgan fingerprint density at radius 2 is 1.96 bits per heavy atom. The molecule has 1 aromatic carbocycles. The monoisotopic (exact) mass is 333 g/mol. The van der Waals surface area contributed by atoms with Crippen LogP contribution < -0.4 is 15.4 Å². The van der Waals surface area contributed by atoms with Crippen molar-refractivity contribution in [3.63, 3.8) is 0 Å². The second kappa shape index (κ2) is 9.15. The van der Waals surface area contributed by atoms with Crippen molar-refractivity contribution in [3.05, 3.63) is 29.8 Å². The Labute approximate surface area is 143 Å². The molecule has 2 rings (SSSR count). The summed E-state index contributed by atoms with van der Waals surface area (Å²) in [6.45, 7) is 3.72. The average Bonchev–Trinajstić information content (AvgIpc) is 2.60. The van der Waals surface area contributed by atoms with Gasteiger partial charge in [0.15, 0.2) is 0 Å². The molecule has 1 aliphatic heterocycles. The van der Waals surface area contributed by atoms with Gasteiger partial charge in [-0.25, -0.2) is 4.79 Å². The van der Waals surface area contributed by atoms with Crippen LogP contribution in [0.4, 0.5) is 4.79 Å². The van der Waals surface area contributed by atoms with E-state index in [4.69, 9.17) is 4.74 Å². The number of piperidine rings is 1. The molecule has 1 atom stereocenters. The van der Waals surface area contributed by atoms with Crippen LogP contribution >= 0.6 is 0 Å². The van der Waals surface area contributed by atoms with Gasteiger partial charge < -0.3 is 20.3 Å². The molecule has 1 saturated heterocycles. The van der Waals surface area contributed by atoms with Gasteiger partial charge >= 0.3 is 6.03 Å². The van der Waals surface area contributed by atoms with E-state index in [2.05, 4.69) is 17.6 Å². The summed E-state index contributed by atoms with van der Waals surface area (Å²) in [6.07, 6.45) is 3.69. The number of benzene rings is 1. The molecule has 0 spiro atoms. The number of hydrogen-bond acceptors (Lipinski definition) is 3. The zero-order valence-corrected chi connectivity index (χ0v) is 14.5. The van der Waals surface area contributed by atoms with Crippen LogP contribution in [-0.4, -0.2) is 43.1 Å². The van der Waals surface area contributed by atoms with Gasteiger partial charge in [0.25, 0.3) is 0 Å². The van der Waals surface area contributed by atoms with Crippen LogP contribution in [0.3, 0.4) is 0 Å². The molecular formula is C18H27N3O3. The van der Waals surface area contributed by atoms with Gasteiger partial charge in [-0.2, -0.15) is 0 Å². The summed E-state index contributed by atoms with van der Waals surface area (Å²) in [5.74, 6) is 0.909. The van der Waals surface area contributed by atoms with Crippen molar-refractivity contribution >= 4 is 11.9 Å². The Bertz CT molecular complexity index is 545. The molecule has 6 nitrogen and oxygen atoms in total. The van der Waals surface area contributed by atoms with Crippen molar-refractivity contribution in [2.45, 2.75) is 45.2 Å². The molecule has 132 valence electrons. The fourth-order valence-electron chi connectivity index (χ4n) is 2.88. The van der Waals surface area contributed by atoms with Crippen molar-refractivity contribution in [2.75, 3.05) is 20.2 Å². The summed E-state index contributed by atoms with van der Waals surface area (Å²) in [4.78, 5) is 25.9. The van der Waals surface area contributed by atoms with Gasteiger partial charge in [0.05, 0.1) is 7.11 Å². The van der Waals surface area contributed by atoms with E-state index in [1.54, 1.807) is 7.11 Å². The van der Waals surface area contributed by atoms with E-state index in [-0.39, 0.29) is 11.9 Å². The third-order valence-electron chi connectivity index (χ3n) is 4.36. The SMILES string of the molecule is COc1ccc(CNC(=O)NCCC(=O)N2CCCCC2C)cc1. The number of urea groups is 1. The number of hydrogen-bond donors (Lipinski definition) is 2. The smallest absolute Gasteiger partial charge is 0.315 e. The summed E-state index contributed by atoms with van der Waals surface area (Å²) in [6, 6.07) is 7.57. The van der Waals surface area contributed by atoms with Crippen LogP contribution in [0, 0.1) is 0 Å². The number of nitrogens with one attached hydrogen (secondary N) is 2. The molecule has 0 bridgehead atoms. The molecule has 24 heavy (non-hydrogen) atoms. The molecule has 0 aliphatic carbocycles. The molecule has 0 saturated carbocycles. The van der Waals surface area contributed by atoms with Crippen LogP contribution in [0.15, 0.2) is 24.3 Å². The van der Waals surface area contributed by atoms with Crippen LogP contribution in [0.25, 0.3) is 0 Å². The first-order valence-corrected chi connectivity index (χ1v) is 8.54. The van der Waals surface area contributed by atoms with Gasteiger partial charge in [-0.15, -0.1) is 0 Å². The highest BCUT2D eigenvalue weighted by Gasteiger charge is 2.22. The minimum atomic E-state index is -0.259. The van der Waals surface area contributed by atoms with Crippen LogP contribution in [0.5, 0.6) is 5.75 Å². The lowest BCUT2D eigenvalue weighted by Gasteiger charge is -2.33. The molecule has 0 aromatic heterocycles. The van der Waals surface area contributed by atoms with Crippen molar-refractivity contribution in [1.29, 1.82) is 0 Å². The number of methoxy groups -OCH3 is 1. The number of carbonyl (C=O) groups excluding carboxylic acids is 2. The zero-order chi connectivity index (χ0) is 17.4. The number of rotatable bonds is 6. The number of ether oxygens (including phenoxy) is 1. The lowest BCUT2D eigenvalue weighted by Crippen LogP contribution is -2.44. The van der Waals surface area contributed by atoms with Gasteiger partial charge in [-0.1, -0.05) is 12.1 Å². The molecule has 1 unspecified atom stereocenters. The van der Waals surface area contributed by atoms with Crippen molar-refractivity contribution in [1.82, 2.24) is 15.5 Å². The Morgan fingerprint density at radius 1 is 1.21 bits per heavy atom. The second-order valence-electron chi connectivity index (χ2n) is 6.14. The first-order chi connectivity index (χ1) is 11.6. The quantitative estimate of drug-likeness (QED) is 0.839. The molecular weight excluding hydrogens is 306 g/mol. The van der Waals surface area contributed by atoms with E-state index in [1.165, 1.54) is 6.42 Å². The minimum Gasteiger partial charge on any atom is -0.497 e. The summed E-state index contributed by atoms with van der Waals surface area (Å²) in [5, 5.41) is 5.52. The highest BCUT2D eigenvalue weighted by molar-refractivity contribution is 5.78. The maximum Gasteiger partial charge on any atom is 0.315 e. The van der Waals surface area contributed by atoms with E-state index in [1.807, 2.05) is 29.2 Å². The van der Waals surface area contributed by atoms with Crippen LogP contribution in [0.1, 0.15) is 38.2 Å². The number of carbonyl (C=O) groups is 2. The van der Waals surface area contributed by atoms with Gasteiger partial charge in [0, 0.05) is 32.1 Å². The molecule has 2 N–H and O–H groups in total. The largest absolute Gasteiger partial charge is 0.497 e. The highest BCUT2D eigenvalue weighted by atomic mass is 16.5. The Balaban J connectivity index is 1.64. The van der Waals surface area contributed by atoms with Crippen LogP contribution in [0.2, 0.25) is 0 Å². The fraction of sp³-hybridized carbons (Fsp3) is 0.556. The topological polar surface area (TPSA) is 70.7 Å². The van der Waals surface area contributed by atoms with Gasteiger partial charge in [-0.3, -0.25) is 4.79 Å². The minimum absolute atomic E-state index is 0.123. The first-order valence-electron chi connectivity index (χ1n) is 8.54. The maximum absolute atomic E-state index is 12.2. The van der Waals surface area contributed by atoms with Gasteiger partial charge in [0.2, 0.25) is 5.91 Å². The van der Waals surface area contributed by atoms with E-state index in [9.17, 15) is 9.59 Å². The average molecular weight is 333 g/mol. The van der Waals surface area contributed by atoms with Crippen molar-refractivity contribution < 1.29 is 14.3 Å². The van der Waals surface area contributed by atoms with Gasteiger partial charge in [0.1, 0.15) is 5.75 Å². The third-order valence-corrected chi connectivity index (χ3v) is 4.36. The van der Waals surface area contributed by atoms with Crippen molar-refractivity contribution in [2.24, 2.45) is 0 Å². The lowest BCUT2D eigenvalue weighted by molar-refractivity contribution is -0.134. The van der Waals surface area contributed by atoms with E-state index in [0.29, 0.717) is 25.6 Å². The van der Waals surface area contributed by atoms with Crippen LogP contribution in [-0.2, 0) is 11.3 Å². The Hall–Kier alpha value is -2.24. The molecule has 1 heterocycles. The molecule has 1 fully saturated rings. The summed E-state index contributed by atoms with van der Waals surface area (Å²) in [5.41, 5.74) is 0.990. The molecule has 1 aliphatic rings. The van der Waals surface area contributed by atoms with E-state index < -0.39 is 0 Å². The van der Waals surface area contributed by atoms with Crippen molar-refractivity contribution in [3.8, 4) is 5.75 Å². The van der Waals surface area contributed by atoms with Gasteiger partial charge in [-0.05, 0) is 43.9 Å². The summed E-state index contributed by atoms with van der Waals surface area (Å²) < 4.78 is 5.09. The number of likely N-dealkylation sites (tertiary alicyclic amines) is 1. The molecule has 1 aromatic rings. The highest BCUT2D eigenvalue weighted by Crippen LogP contribution is 2.17. The van der Waals surface area contributed by atoms with E-state index >= 15 is 0 Å². The Kier molecular flexibility index (Phi) is 6.90. The molecule has 3 amide bonds. The summed E-state index contributed by atoms with van der Waals surface area (Å²) in [7, 11) is 1.62. The summed E-state index contributed by atoms with van der Waals surface area (Å²) >= 11 is 0. The second-order valence-corrected chi connectivity index (χ2v) is 6.14. The maximum atomic E-state index is 12.2. The predicted octanol–water partition coefficient (Wildman–Crippen LogP) is 2.29. The number of amides is 3. The predicted molar refractivity (Wildman–Crippen MR) is 92.9 cm³/mol. The van der Waals surface area contributed by atoms with E-state index in [0.717, 1.165) is 30.7 Å². The zero-order valence-electron chi connectivity index (χ0n) is 14.5. The third kappa shape index (κ3) is 5.44.